The molecular formula is C15H12F4N4OS. The summed E-state index contributed by atoms with van der Waals surface area (Å²) in [5.74, 6) is -1.82. The number of hydrogen-bond acceptors (Lipinski definition) is 4. The molecule has 10 heteroatoms. The zero-order valence-corrected chi connectivity index (χ0v) is 14.0. The molecule has 0 bridgehead atoms. The molecule has 0 radical (unpaired) electrons. The van der Waals surface area contributed by atoms with Gasteiger partial charge in [0.1, 0.15) is 17.5 Å². The molecule has 0 aliphatic carbocycles. The summed E-state index contributed by atoms with van der Waals surface area (Å²) >= 11 is 0.541. The quantitative estimate of drug-likeness (QED) is 0.523. The molecule has 1 aromatic carbocycles. The van der Waals surface area contributed by atoms with Crippen LogP contribution in [0.15, 0.2) is 34.3 Å². The van der Waals surface area contributed by atoms with Crippen molar-refractivity contribution in [2.45, 2.75) is 18.0 Å². The fraction of sp³-hybridized carbons (Fsp3) is 0.267. The number of thioether (sulfide) groups is 1. The van der Waals surface area contributed by atoms with Gasteiger partial charge in [-0.05, 0) is 24.6 Å². The standard InChI is InChI=1S/C15H12F4N4OS/c1-8-3-10(16)11(4-12(8)25-6-15(17,18)19)23-7-20-13-9(14(23)24)5-21-22(13)2/h3-5,7H,6H2,1-2H3. The minimum absolute atomic E-state index is 0.154. The lowest BCUT2D eigenvalue weighted by molar-refractivity contribution is -0.105. The van der Waals surface area contributed by atoms with Crippen molar-refractivity contribution in [3.05, 3.63) is 46.4 Å². The molecule has 0 saturated carbocycles. The molecule has 0 aliphatic rings. The van der Waals surface area contributed by atoms with Crippen LogP contribution in [0.4, 0.5) is 17.6 Å². The Morgan fingerprint density at radius 2 is 2.00 bits per heavy atom. The van der Waals surface area contributed by atoms with Gasteiger partial charge < -0.3 is 0 Å². The predicted molar refractivity (Wildman–Crippen MR) is 85.6 cm³/mol. The molecule has 0 atom stereocenters. The lowest BCUT2D eigenvalue weighted by Gasteiger charge is -2.12. The fourth-order valence-electron chi connectivity index (χ4n) is 2.34. The van der Waals surface area contributed by atoms with Gasteiger partial charge in [-0.1, -0.05) is 0 Å². The summed E-state index contributed by atoms with van der Waals surface area (Å²) in [6.07, 6.45) is -1.90. The minimum atomic E-state index is -4.35. The number of nitrogens with zero attached hydrogens (tertiary/aromatic N) is 4. The highest BCUT2D eigenvalue weighted by molar-refractivity contribution is 7.99. The first-order valence-corrected chi connectivity index (χ1v) is 8.05. The van der Waals surface area contributed by atoms with Gasteiger partial charge >= 0.3 is 6.18 Å². The summed E-state index contributed by atoms with van der Waals surface area (Å²) in [7, 11) is 1.61. The summed E-state index contributed by atoms with van der Waals surface area (Å²) in [5, 5.41) is 4.11. The van der Waals surface area contributed by atoms with E-state index in [1.54, 1.807) is 7.05 Å². The molecule has 0 saturated heterocycles. The van der Waals surface area contributed by atoms with E-state index in [2.05, 4.69) is 10.1 Å². The van der Waals surface area contributed by atoms with Crippen molar-refractivity contribution in [1.29, 1.82) is 0 Å². The Morgan fingerprint density at radius 1 is 1.28 bits per heavy atom. The maximum absolute atomic E-state index is 14.3. The van der Waals surface area contributed by atoms with Crippen molar-refractivity contribution < 1.29 is 17.6 Å². The van der Waals surface area contributed by atoms with Gasteiger partial charge in [-0.15, -0.1) is 11.8 Å². The highest BCUT2D eigenvalue weighted by Crippen LogP contribution is 2.31. The molecule has 0 unspecified atom stereocenters. The molecule has 132 valence electrons. The Balaban J connectivity index is 2.11. The summed E-state index contributed by atoms with van der Waals surface area (Å²) in [5.41, 5.74) is -0.00874. The number of fused-ring (bicyclic) bond motifs is 1. The lowest BCUT2D eigenvalue weighted by Crippen LogP contribution is -2.20. The topological polar surface area (TPSA) is 52.7 Å². The molecule has 2 heterocycles. The third kappa shape index (κ3) is 3.39. The number of hydrogen-bond donors (Lipinski definition) is 0. The highest BCUT2D eigenvalue weighted by atomic mass is 32.2. The molecular weight excluding hydrogens is 360 g/mol. The monoisotopic (exact) mass is 372 g/mol. The van der Waals surface area contributed by atoms with Crippen LogP contribution in [0.25, 0.3) is 16.7 Å². The maximum Gasteiger partial charge on any atom is 0.398 e. The van der Waals surface area contributed by atoms with Crippen molar-refractivity contribution in [1.82, 2.24) is 19.3 Å². The Morgan fingerprint density at radius 3 is 2.68 bits per heavy atom. The Hall–Kier alpha value is -2.36. The van der Waals surface area contributed by atoms with Crippen LogP contribution in [0.5, 0.6) is 0 Å². The SMILES string of the molecule is Cc1cc(F)c(-n2cnc3c(cnn3C)c2=O)cc1SCC(F)(F)F. The number of aryl methyl sites for hydroxylation is 2. The smallest absolute Gasteiger partial charge is 0.268 e. The van der Waals surface area contributed by atoms with Gasteiger partial charge in [0.25, 0.3) is 5.56 Å². The zero-order chi connectivity index (χ0) is 18.4. The summed E-state index contributed by atoms with van der Waals surface area (Å²) in [6, 6.07) is 2.33. The second-order valence-corrected chi connectivity index (χ2v) is 6.42. The first-order valence-electron chi connectivity index (χ1n) is 7.07. The van der Waals surface area contributed by atoms with E-state index in [1.165, 1.54) is 23.9 Å². The van der Waals surface area contributed by atoms with Gasteiger partial charge in [0.2, 0.25) is 0 Å². The van der Waals surface area contributed by atoms with Gasteiger partial charge in [-0.2, -0.15) is 18.3 Å². The molecule has 0 N–H and O–H groups in total. The van der Waals surface area contributed by atoms with E-state index in [1.807, 2.05) is 0 Å². The third-order valence-electron chi connectivity index (χ3n) is 3.55. The van der Waals surface area contributed by atoms with Crippen molar-refractivity contribution in [2.75, 3.05) is 5.75 Å². The zero-order valence-electron chi connectivity index (χ0n) is 13.1. The molecule has 25 heavy (non-hydrogen) atoms. The van der Waals surface area contributed by atoms with Crippen LogP contribution in [0, 0.1) is 12.7 Å². The molecule has 0 aliphatic heterocycles. The van der Waals surface area contributed by atoms with Crippen LogP contribution in [-0.2, 0) is 7.05 Å². The number of benzene rings is 1. The molecule has 2 aromatic heterocycles. The average Bonchev–Trinajstić information content (AvgIpc) is 2.89. The van der Waals surface area contributed by atoms with Crippen LogP contribution in [0.2, 0.25) is 0 Å². The van der Waals surface area contributed by atoms with Gasteiger partial charge in [0, 0.05) is 11.9 Å². The third-order valence-corrected chi connectivity index (χ3v) is 4.77. The number of rotatable bonds is 3. The van der Waals surface area contributed by atoms with E-state index < -0.39 is 23.3 Å². The first kappa shape index (κ1) is 17.5. The lowest BCUT2D eigenvalue weighted by atomic mass is 10.2. The maximum atomic E-state index is 14.3. The Kier molecular flexibility index (Phi) is 4.31. The van der Waals surface area contributed by atoms with E-state index in [9.17, 15) is 22.4 Å². The van der Waals surface area contributed by atoms with E-state index >= 15 is 0 Å². The summed E-state index contributed by atoms with van der Waals surface area (Å²) in [4.78, 5) is 16.8. The Labute approximate surface area is 143 Å². The van der Waals surface area contributed by atoms with E-state index in [0.717, 1.165) is 17.0 Å². The van der Waals surface area contributed by atoms with Crippen molar-refractivity contribution >= 4 is 22.8 Å². The molecule has 0 fully saturated rings. The van der Waals surface area contributed by atoms with Crippen LogP contribution < -0.4 is 5.56 Å². The van der Waals surface area contributed by atoms with Crippen LogP contribution in [0.1, 0.15) is 5.56 Å². The number of halogens is 4. The van der Waals surface area contributed by atoms with Gasteiger partial charge in [0.05, 0.1) is 17.6 Å². The summed E-state index contributed by atoms with van der Waals surface area (Å²) in [6.45, 7) is 1.51. The van der Waals surface area contributed by atoms with E-state index in [-0.39, 0.29) is 16.0 Å². The number of alkyl halides is 3. The average molecular weight is 372 g/mol. The molecule has 5 nitrogen and oxygen atoms in total. The van der Waals surface area contributed by atoms with Crippen LogP contribution in [-0.4, -0.2) is 31.3 Å². The van der Waals surface area contributed by atoms with Crippen molar-refractivity contribution in [3.63, 3.8) is 0 Å². The number of aromatic nitrogens is 4. The Bertz CT molecular complexity index is 1010. The highest BCUT2D eigenvalue weighted by Gasteiger charge is 2.28. The second kappa shape index (κ2) is 6.17. The fourth-order valence-corrected chi connectivity index (χ4v) is 3.14. The van der Waals surface area contributed by atoms with Gasteiger partial charge in [-0.25, -0.2) is 9.37 Å². The molecule has 0 amide bonds. The predicted octanol–water partition coefficient (Wildman–Crippen LogP) is 3.22. The van der Waals surface area contributed by atoms with E-state index in [4.69, 9.17) is 0 Å². The van der Waals surface area contributed by atoms with E-state index in [0.29, 0.717) is 23.0 Å². The molecule has 3 rings (SSSR count). The molecule has 3 aromatic rings. The minimum Gasteiger partial charge on any atom is -0.268 e. The first-order chi connectivity index (χ1) is 11.7. The van der Waals surface area contributed by atoms with Crippen LogP contribution in [0.3, 0.4) is 0 Å². The van der Waals surface area contributed by atoms with Crippen molar-refractivity contribution in [2.24, 2.45) is 7.05 Å². The largest absolute Gasteiger partial charge is 0.398 e. The normalized spacial score (nSPS) is 12.1. The van der Waals surface area contributed by atoms with Gasteiger partial charge in [0.15, 0.2) is 5.65 Å². The van der Waals surface area contributed by atoms with Gasteiger partial charge in [-0.3, -0.25) is 14.0 Å². The molecule has 0 spiro atoms. The van der Waals surface area contributed by atoms with Crippen LogP contribution >= 0.6 is 11.8 Å². The second-order valence-electron chi connectivity index (χ2n) is 5.40. The van der Waals surface area contributed by atoms with Crippen molar-refractivity contribution in [3.8, 4) is 5.69 Å². The summed E-state index contributed by atoms with van der Waals surface area (Å²) < 4.78 is 54.0.